The van der Waals surface area contributed by atoms with Gasteiger partial charge in [0.05, 0.1) is 11.5 Å². The van der Waals surface area contributed by atoms with Crippen LogP contribution in [-0.4, -0.2) is 36.8 Å². The predicted molar refractivity (Wildman–Crippen MR) is 114 cm³/mol. The van der Waals surface area contributed by atoms with Gasteiger partial charge in [0, 0.05) is 18.5 Å². The molecule has 1 aliphatic heterocycles. The summed E-state index contributed by atoms with van der Waals surface area (Å²) in [5, 5.41) is 0. The van der Waals surface area contributed by atoms with Gasteiger partial charge in [0.15, 0.2) is 9.84 Å². The number of benzene rings is 1. The van der Waals surface area contributed by atoms with Crippen LogP contribution in [0.4, 0.5) is 0 Å². The van der Waals surface area contributed by atoms with E-state index in [0.717, 1.165) is 37.2 Å². The molecule has 156 valence electrons. The van der Waals surface area contributed by atoms with Crippen LogP contribution >= 0.6 is 0 Å². The van der Waals surface area contributed by atoms with E-state index in [9.17, 15) is 13.2 Å². The van der Waals surface area contributed by atoms with Crippen LogP contribution in [0.15, 0.2) is 24.3 Å². The fourth-order valence-corrected chi connectivity index (χ4v) is 6.45. The molecule has 0 N–H and O–H groups in total. The van der Waals surface area contributed by atoms with Crippen molar-refractivity contribution < 1.29 is 13.2 Å². The average Bonchev–Trinajstić information content (AvgIpc) is 3.05. The first-order valence-corrected chi connectivity index (χ1v) is 12.8. The second kappa shape index (κ2) is 9.43. The number of rotatable bonds is 7. The fourth-order valence-electron chi connectivity index (χ4n) is 4.72. The van der Waals surface area contributed by atoms with Crippen molar-refractivity contribution in [2.24, 2.45) is 11.8 Å². The molecule has 1 aromatic carbocycles. The van der Waals surface area contributed by atoms with Crippen LogP contribution in [0, 0.1) is 18.8 Å². The molecule has 4 nitrogen and oxygen atoms in total. The number of carbonyl (C=O) groups excluding carboxylic acids is 1. The molecule has 1 saturated carbocycles. The maximum atomic E-state index is 13.4. The largest absolute Gasteiger partial charge is 0.334 e. The molecule has 1 saturated heterocycles. The quantitative estimate of drug-likeness (QED) is 0.671. The van der Waals surface area contributed by atoms with E-state index in [0.29, 0.717) is 13.0 Å². The molecule has 1 aliphatic carbocycles. The lowest BCUT2D eigenvalue weighted by molar-refractivity contribution is -0.139. The van der Waals surface area contributed by atoms with E-state index in [1.54, 1.807) is 0 Å². The minimum atomic E-state index is -3.02. The Labute approximate surface area is 170 Å². The lowest BCUT2D eigenvalue weighted by Crippen LogP contribution is -2.44. The number of nitrogens with zero attached hydrogens (tertiary/aromatic N) is 1. The molecule has 0 spiro atoms. The molecular formula is C23H35NO3S. The highest BCUT2D eigenvalue weighted by Crippen LogP contribution is 2.34. The Morgan fingerprint density at radius 2 is 1.75 bits per heavy atom. The normalized spacial score (nSPS) is 26.9. The second-order valence-electron chi connectivity index (χ2n) is 8.87. The van der Waals surface area contributed by atoms with Crippen LogP contribution in [0.3, 0.4) is 0 Å². The maximum Gasteiger partial charge on any atom is 0.226 e. The zero-order chi connectivity index (χ0) is 20.1. The maximum absolute atomic E-state index is 13.4. The molecule has 1 heterocycles. The monoisotopic (exact) mass is 405 g/mol. The summed E-state index contributed by atoms with van der Waals surface area (Å²) in [6, 6.07) is 8.06. The number of hydrogen-bond donors (Lipinski definition) is 0. The van der Waals surface area contributed by atoms with Gasteiger partial charge in [-0.1, -0.05) is 56.0 Å². The van der Waals surface area contributed by atoms with Crippen molar-refractivity contribution in [2.45, 2.75) is 77.8 Å². The standard InChI is InChI=1S/C23H35NO3S/c1-3-4-5-19-10-12-21(13-11-19)23(25)24(22-14-15-28(26,27)17-22)16-20-8-6-18(2)7-9-20/h6-9,19,21-22H,3-5,10-17H2,1-2H3/t19?,21?,22-/m1/s1. The van der Waals surface area contributed by atoms with Crippen molar-refractivity contribution in [3.63, 3.8) is 0 Å². The van der Waals surface area contributed by atoms with Crippen LogP contribution in [0.1, 0.15) is 69.4 Å². The molecule has 0 radical (unpaired) electrons. The summed E-state index contributed by atoms with van der Waals surface area (Å²) in [5.41, 5.74) is 2.27. The highest BCUT2D eigenvalue weighted by Gasteiger charge is 2.37. The summed E-state index contributed by atoms with van der Waals surface area (Å²) in [5.74, 6) is 1.33. The van der Waals surface area contributed by atoms with E-state index in [4.69, 9.17) is 0 Å². The molecule has 28 heavy (non-hydrogen) atoms. The lowest BCUT2D eigenvalue weighted by Gasteiger charge is -2.35. The van der Waals surface area contributed by atoms with E-state index in [-0.39, 0.29) is 29.4 Å². The van der Waals surface area contributed by atoms with E-state index in [1.807, 2.05) is 11.8 Å². The molecule has 2 aliphatic rings. The van der Waals surface area contributed by atoms with E-state index < -0.39 is 9.84 Å². The molecule has 2 fully saturated rings. The lowest BCUT2D eigenvalue weighted by atomic mass is 9.79. The van der Waals surface area contributed by atoms with Gasteiger partial charge in [-0.2, -0.15) is 0 Å². The second-order valence-corrected chi connectivity index (χ2v) is 11.1. The summed E-state index contributed by atoms with van der Waals surface area (Å²) in [6.45, 7) is 4.80. The first-order valence-electron chi connectivity index (χ1n) is 10.9. The third-order valence-corrected chi connectivity index (χ3v) is 8.32. The number of sulfone groups is 1. The van der Waals surface area contributed by atoms with Gasteiger partial charge < -0.3 is 4.90 Å². The molecule has 1 atom stereocenters. The summed E-state index contributed by atoms with van der Waals surface area (Å²) in [4.78, 5) is 15.3. The molecule has 0 unspecified atom stereocenters. The highest BCUT2D eigenvalue weighted by atomic mass is 32.2. The Kier molecular flexibility index (Phi) is 7.19. The molecule has 0 bridgehead atoms. The predicted octanol–water partition coefficient (Wildman–Crippen LogP) is 4.51. The van der Waals surface area contributed by atoms with Gasteiger partial charge in [0.2, 0.25) is 5.91 Å². The van der Waals surface area contributed by atoms with Gasteiger partial charge in [0.1, 0.15) is 0 Å². The molecular weight excluding hydrogens is 370 g/mol. The van der Waals surface area contributed by atoms with Gasteiger partial charge in [-0.15, -0.1) is 0 Å². The van der Waals surface area contributed by atoms with Crippen LogP contribution in [0.2, 0.25) is 0 Å². The minimum absolute atomic E-state index is 0.0617. The topological polar surface area (TPSA) is 54.5 Å². The van der Waals surface area contributed by atoms with Crippen molar-refractivity contribution in [1.29, 1.82) is 0 Å². The Morgan fingerprint density at radius 3 is 2.32 bits per heavy atom. The first-order chi connectivity index (χ1) is 13.4. The first kappa shape index (κ1) is 21.4. The molecule has 5 heteroatoms. The van der Waals surface area contributed by atoms with Crippen LogP contribution in [0.25, 0.3) is 0 Å². The van der Waals surface area contributed by atoms with Crippen molar-refractivity contribution in [3.8, 4) is 0 Å². The fraction of sp³-hybridized carbons (Fsp3) is 0.696. The Bertz CT molecular complexity index is 749. The van der Waals surface area contributed by atoms with Crippen molar-refractivity contribution in [3.05, 3.63) is 35.4 Å². The van der Waals surface area contributed by atoms with Crippen LogP contribution < -0.4 is 0 Å². The molecule has 3 rings (SSSR count). The zero-order valence-electron chi connectivity index (χ0n) is 17.4. The number of amides is 1. The molecule has 1 amide bonds. The molecule has 0 aromatic heterocycles. The minimum Gasteiger partial charge on any atom is -0.334 e. The average molecular weight is 406 g/mol. The Balaban J connectivity index is 1.69. The Morgan fingerprint density at radius 1 is 1.07 bits per heavy atom. The van der Waals surface area contributed by atoms with E-state index in [2.05, 4.69) is 31.2 Å². The van der Waals surface area contributed by atoms with Crippen molar-refractivity contribution >= 4 is 15.7 Å². The summed E-state index contributed by atoms with van der Waals surface area (Å²) < 4.78 is 24.1. The summed E-state index contributed by atoms with van der Waals surface area (Å²) >= 11 is 0. The third-order valence-electron chi connectivity index (χ3n) is 6.57. The van der Waals surface area contributed by atoms with Gasteiger partial charge >= 0.3 is 0 Å². The number of aryl methyl sites for hydroxylation is 1. The smallest absolute Gasteiger partial charge is 0.226 e. The van der Waals surface area contributed by atoms with Crippen molar-refractivity contribution in [2.75, 3.05) is 11.5 Å². The van der Waals surface area contributed by atoms with Crippen LogP contribution in [-0.2, 0) is 21.2 Å². The van der Waals surface area contributed by atoms with Gasteiger partial charge in [-0.05, 0) is 50.5 Å². The number of unbranched alkanes of at least 4 members (excludes halogenated alkanes) is 1. The number of hydrogen-bond acceptors (Lipinski definition) is 3. The highest BCUT2D eigenvalue weighted by molar-refractivity contribution is 7.91. The van der Waals surface area contributed by atoms with E-state index in [1.165, 1.54) is 24.8 Å². The SMILES string of the molecule is CCCCC1CCC(C(=O)N(Cc2ccc(C)cc2)[C@@H]2CCS(=O)(=O)C2)CC1. The number of carbonyl (C=O) groups is 1. The summed E-state index contributed by atoms with van der Waals surface area (Å²) in [7, 11) is -3.02. The van der Waals surface area contributed by atoms with E-state index >= 15 is 0 Å². The van der Waals surface area contributed by atoms with Gasteiger partial charge in [-0.25, -0.2) is 8.42 Å². The van der Waals surface area contributed by atoms with Gasteiger partial charge in [-0.3, -0.25) is 4.79 Å². The molecule has 1 aromatic rings. The Hall–Kier alpha value is -1.36. The third kappa shape index (κ3) is 5.59. The van der Waals surface area contributed by atoms with Gasteiger partial charge in [0.25, 0.3) is 0 Å². The zero-order valence-corrected chi connectivity index (χ0v) is 18.2. The summed E-state index contributed by atoms with van der Waals surface area (Å²) in [6.07, 6.45) is 8.56. The van der Waals surface area contributed by atoms with Crippen molar-refractivity contribution in [1.82, 2.24) is 4.90 Å². The van der Waals surface area contributed by atoms with Crippen LogP contribution in [0.5, 0.6) is 0 Å².